The molecule has 0 aliphatic heterocycles. The van der Waals surface area contributed by atoms with E-state index in [9.17, 15) is 8.78 Å². The normalized spacial score (nSPS) is 12.0. The number of hydrogen-bond acceptors (Lipinski definition) is 0. The zero-order chi connectivity index (χ0) is 21.6. The maximum Gasteiger partial charge on any atom is 0.159 e. The van der Waals surface area contributed by atoms with E-state index in [2.05, 4.69) is 85.8 Å². The maximum absolute atomic E-state index is 13.4. The van der Waals surface area contributed by atoms with Gasteiger partial charge in [-0.15, -0.1) is 0 Å². The van der Waals surface area contributed by atoms with Crippen molar-refractivity contribution in [1.29, 1.82) is 0 Å². The first-order valence-electron chi connectivity index (χ1n) is 10.8. The van der Waals surface area contributed by atoms with E-state index in [-0.39, 0.29) is 0 Å². The maximum atomic E-state index is 13.4. The van der Waals surface area contributed by atoms with Crippen LogP contribution >= 0.6 is 0 Å². The van der Waals surface area contributed by atoms with Crippen LogP contribution in [0.4, 0.5) is 8.78 Å². The summed E-state index contributed by atoms with van der Waals surface area (Å²) in [4.78, 5) is 0. The summed E-state index contributed by atoms with van der Waals surface area (Å²) in [7, 11) is 0. The predicted molar refractivity (Wildman–Crippen MR) is 124 cm³/mol. The highest BCUT2D eigenvalue weighted by Gasteiger charge is 2.07. The van der Waals surface area contributed by atoms with Gasteiger partial charge >= 0.3 is 0 Å². The van der Waals surface area contributed by atoms with Gasteiger partial charge < -0.3 is 0 Å². The highest BCUT2D eigenvalue weighted by atomic mass is 19.2. The summed E-state index contributed by atoms with van der Waals surface area (Å²) in [6.45, 7) is 2.27. The van der Waals surface area contributed by atoms with E-state index < -0.39 is 11.6 Å². The molecule has 0 spiro atoms. The lowest BCUT2D eigenvalue weighted by molar-refractivity contribution is 0.507. The third-order valence-electron chi connectivity index (χ3n) is 5.84. The van der Waals surface area contributed by atoms with Crippen molar-refractivity contribution in [3.05, 3.63) is 131 Å². The molecule has 0 saturated heterocycles. The van der Waals surface area contributed by atoms with E-state index >= 15 is 0 Å². The van der Waals surface area contributed by atoms with E-state index in [0.717, 1.165) is 18.4 Å². The molecule has 4 rings (SSSR count). The zero-order valence-electron chi connectivity index (χ0n) is 17.7. The van der Waals surface area contributed by atoms with Crippen molar-refractivity contribution >= 4 is 0 Å². The van der Waals surface area contributed by atoms with E-state index in [1.54, 1.807) is 6.07 Å². The molecule has 0 radical (unpaired) electrons. The number of rotatable bonds is 7. The summed E-state index contributed by atoms with van der Waals surface area (Å²) in [5.41, 5.74) is 7.07. The van der Waals surface area contributed by atoms with Crippen LogP contribution in [0.15, 0.2) is 97.1 Å². The third-order valence-corrected chi connectivity index (χ3v) is 5.84. The number of benzene rings is 4. The van der Waals surface area contributed by atoms with Gasteiger partial charge in [0.1, 0.15) is 0 Å². The second-order valence-corrected chi connectivity index (χ2v) is 8.16. The molecule has 0 nitrogen and oxygen atoms in total. The largest absolute Gasteiger partial charge is 0.204 e. The van der Waals surface area contributed by atoms with Gasteiger partial charge in [0.2, 0.25) is 0 Å². The van der Waals surface area contributed by atoms with Crippen LogP contribution in [-0.4, -0.2) is 0 Å². The molecule has 0 fully saturated rings. The number of hydrogen-bond donors (Lipinski definition) is 0. The Morgan fingerprint density at radius 3 is 1.74 bits per heavy atom. The average Bonchev–Trinajstić information content (AvgIpc) is 2.81. The van der Waals surface area contributed by atoms with Crippen molar-refractivity contribution in [3.63, 3.8) is 0 Å². The van der Waals surface area contributed by atoms with Gasteiger partial charge in [-0.05, 0) is 70.7 Å². The first-order chi connectivity index (χ1) is 15.1. The Kier molecular flexibility index (Phi) is 6.57. The van der Waals surface area contributed by atoms with Crippen LogP contribution in [0, 0.1) is 11.6 Å². The molecule has 0 saturated carbocycles. The van der Waals surface area contributed by atoms with Gasteiger partial charge in [-0.2, -0.15) is 0 Å². The molecule has 4 aromatic carbocycles. The Labute approximate surface area is 183 Å². The number of halogens is 2. The van der Waals surface area contributed by atoms with Crippen molar-refractivity contribution in [2.45, 2.75) is 32.1 Å². The van der Waals surface area contributed by atoms with Gasteiger partial charge in [0.15, 0.2) is 11.6 Å². The minimum atomic E-state index is -0.798. The van der Waals surface area contributed by atoms with Crippen LogP contribution in [-0.2, 0) is 19.3 Å². The van der Waals surface area contributed by atoms with Gasteiger partial charge in [0.05, 0.1) is 0 Å². The molecule has 2 heteroatoms. The summed E-state index contributed by atoms with van der Waals surface area (Å²) in [6, 6.07) is 32.0. The van der Waals surface area contributed by atoms with Crippen LogP contribution in [0.2, 0.25) is 0 Å². The van der Waals surface area contributed by atoms with E-state index in [4.69, 9.17) is 0 Å². The smallest absolute Gasteiger partial charge is 0.159 e. The van der Waals surface area contributed by atoms with Crippen LogP contribution in [0.5, 0.6) is 0 Å². The van der Waals surface area contributed by atoms with Crippen molar-refractivity contribution in [3.8, 4) is 11.1 Å². The summed E-state index contributed by atoms with van der Waals surface area (Å²) in [6.07, 6.45) is 2.50. The van der Waals surface area contributed by atoms with Crippen LogP contribution in [0.25, 0.3) is 11.1 Å². The molecule has 0 aliphatic rings. The number of aryl methyl sites for hydroxylation is 2. The van der Waals surface area contributed by atoms with Crippen LogP contribution in [0.1, 0.15) is 35.1 Å². The standard InChI is InChI=1S/C29H26F2/c1-21(25-5-3-2-4-6-25)19-23-11-16-27(17-12-23)26-14-9-22(10-15-26)7-8-24-13-18-28(30)29(31)20-24/h2-6,9-18,20-21H,7-8,19H2,1H3/t21-/m0/s1. The van der Waals surface area contributed by atoms with Crippen molar-refractivity contribution in [2.75, 3.05) is 0 Å². The summed E-state index contributed by atoms with van der Waals surface area (Å²) in [5, 5.41) is 0. The lowest BCUT2D eigenvalue weighted by Crippen LogP contribution is -1.98. The quantitative estimate of drug-likeness (QED) is 0.291. The molecule has 0 heterocycles. The summed E-state index contributed by atoms with van der Waals surface area (Å²) >= 11 is 0. The Balaban J connectivity index is 1.36. The molecule has 0 N–H and O–H groups in total. The fourth-order valence-electron chi connectivity index (χ4n) is 3.93. The fraction of sp³-hybridized carbons (Fsp3) is 0.172. The van der Waals surface area contributed by atoms with Gasteiger partial charge in [0, 0.05) is 0 Å². The van der Waals surface area contributed by atoms with Crippen LogP contribution in [0.3, 0.4) is 0 Å². The molecule has 0 aliphatic carbocycles. The second-order valence-electron chi connectivity index (χ2n) is 8.16. The highest BCUT2D eigenvalue weighted by molar-refractivity contribution is 5.64. The molecule has 31 heavy (non-hydrogen) atoms. The second kappa shape index (κ2) is 9.70. The van der Waals surface area contributed by atoms with Gasteiger partial charge in [-0.3, -0.25) is 0 Å². The van der Waals surface area contributed by atoms with Gasteiger partial charge in [-0.25, -0.2) is 8.78 Å². The monoisotopic (exact) mass is 412 g/mol. The highest BCUT2D eigenvalue weighted by Crippen LogP contribution is 2.24. The molecule has 156 valence electrons. The Morgan fingerprint density at radius 1 is 0.581 bits per heavy atom. The molecule has 0 amide bonds. The predicted octanol–water partition coefficient (Wildman–Crippen LogP) is 7.76. The first kappa shape index (κ1) is 21.0. The summed E-state index contributed by atoms with van der Waals surface area (Å²) < 4.78 is 26.4. The summed E-state index contributed by atoms with van der Waals surface area (Å²) in [5.74, 6) is -1.09. The van der Waals surface area contributed by atoms with Gasteiger partial charge in [-0.1, -0.05) is 91.9 Å². The molecular weight excluding hydrogens is 386 g/mol. The minimum absolute atomic E-state index is 0.487. The Bertz CT molecular complexity index is 1110. The van der Waals surface area contributed by atoms with Crippen LogP contribution < -0.4 is 0 Å². The minimum Gasteiger partial charge on any atom is -0.204 e. The topological polar surface area (TPSA) is 0 Å². The first-order valence-corrected chi connectivity index (χ1v) is 10.8. The SMILES string of the molecule is C[C@@H](Cc1ccc(-c2ccc(CCc3ccc(F)c(F)c3)cc2)cc1)c1ccccc1. The van der Waals surface area contributed by atoms with Crippen molar-refractivity contribution in [2.24, 2.45) is 0 Å². The van der Waals surface area contributed by atoms with Gasteiger partial charge in [0.25, 0.3) is 0 Å². The van der Waals surface area contributed by atoms with Crippen molar-refractivity contribution in [1.82, 2.24) is 0 Å². The molecule has 4 aromatic rings. The third kappa shape index (κ3) is 5.46. The molecule has 0 aromatic heterocycles. The molecule has 1 atom stereocenters. The van der Waals surface area contributed by atoms with E-state index in [1.807, 2.05) is 0 Å². The molecule has 0 unspecified atom stereocenters. The Morgan fingerprint density at radius 2 is 1.13 bits per heavy atom. The zero-order valence-corrected chi connectivity index (χ0v) is 17.7. The van der Waals surface area contributed by atoms with E-state index in [1.165, 1.54) is 39.9 Å². The van der Waals surface area contributed by atoms with Crippen molar-refractivity contribution < 1.29 is 8.78 Å². The Hall–Kier alpha value is -3.26. The lowest BCUT2D eigenvalue weighted by atomic mass is 9.93. The fourth-order valence-corrected chi connectivity index (χ4v) is 3.93. The lowest BCUT2D eigenvalue weighted by Gasteiger charge is -2.12. The molecule has 0 bridgehead atoms. The van der Waals surface area contributed by atoms with E-state index in [0.29, 0.717) is 12.3 Å². The average molecular weight is 413 g/mol. The molecular formula is C29H26F2.